The van der Waals surface area contributed by atoms with Crippen molar-refractivity contribution in [1.82, 2.24) is 16.0 Å². The fourth-order valence-electron chi connectivity index (χ4n) is 3.53. The molecule has 1 unspecified atom stereocenters. The summed E-state index contributed by atoms with van der Waals surface area (Å²) in [6.45, 7) is 1.75. The Hall–Kier alpha value is -1.35. The summed E-state index contributed by atoms with van der Waals surface area (Å²) >= 11 is 0. The molecule has 1 saturated heterocycles. The van der Waals surface area contributed by atoms with Crippen molar-refractivity contribution >= 4 is 21.7 Å². The second kappa shape index (κ2) is 11.5. The highest BCUT2D eigenvalue weighted by Gasteiger charge is 2.28. The van der Waals surface area contributed by atoms with Crippen LogP contribution >= 0.6 is 0 Å². The number of sulfone groups is 1. The summed E-state index contributed by atoms with van der Waals surface area (Å²) in [5, 5.41) is 9.06. The molecule has 9 heteroatoms. The quantitative estimate of drug-likeness (QED) is 0.237. The Balaban J connectivity index is 1.53. The summed E-state index contributed by atoms with van der Waals surface area (Å²) in [5.74, 6) is 0.707. The Labute approximate surface area is 162 Å². The van der Waals surface area contributed by atoms with Crippen molar-refractivity contribution in [2.75, 3.05) is 38.2 Å². The molecule has 1 atom stereocenters. The monoisotopic (exact) mass is 402 g/mol. The van der Waals surface area contributed by atoms with Gasteiger partial charge < -0.3 is 20.7 Å². The second-order valence-electron chi connectivity index (χ2n) is 7.33. The van der Waals surface area contributed by atoms with Crippen molar-refractivity contribution in [1.29, 1.82) is 0 Å². The summed E-state index contributed by atoms with van der Waals surface area (Å²) < 4.78 is 28.8. The van der Waals surface area contributed by atoms with E-state index >= 15 is 0 Å². The molecular weight excluding hydrogens is 368 g/mol. The Morgan fingerprint density at radius 3 is 2.41 bits per heavy atom. The van der Waals surface area contributed by atoms with Crippen molar-refractivity contribution in [3.63, 3.8) is 0 Å². The van der Waals surface area contributed by atoms with Crippen molar-refractivity contribution in [2.45, 2.75) is 63.5 Å². The van der Waals surface area contributed by atoms with Crippen molar-refractivity contribution < 1.29 is 17.9 Å². The van der Waals surface area contributed by atoms with Crippen molar-refractivity contribution in [2.24, 2.45) is 4.99 Å². The summed E-state index contributed by atoms with van der Waals surface area (Å²) in [6.07, 6.45) is 8.63. The van der Waals surface area contributed by atoms with Crippen LogP contribution in [0, 0.1) is 0 Å². The molecule has 0 bridgehead atoms. The maximum atomic E-state index is 11.9. The van der Waals surface area contributed by atoms with Gasteiger partial charge in [-0.05, 0) is 19.3 Å². The van der Waals surface area contributed by atoms with Crippen LogP contribution in [0.15, 0.2) is 4.99 Å². The lowest BCUT2D eigenvalue weighted by Gasteiger charge is -2.17. The largest absolute Gasteiger partial charge is 0.376 e. The number of guanidine groups is 1. The second-order valence-corrected chi connectivity index (χ2v) is 9.56. The average Bonchev–Trinajstić information content (AvgIpc) is 2.83. The van der Waals surface area contributed by atoms with E-state index in [2.05, 4.69) is 20.9 Å². The van der Waals surface area contributed by atoms with Crippen LogP contribution in [0.2, 0.25) is 0 Å². The van der Waals surface area contributed by atoms with Gasteiger partial charge in [0.1, 0.15) is 0 Å². The van der Waals surface area contributed by atoms with Crippen molar-refractivity contribution in [3.05, 3.63) is 0 Å². The van der Waals surface area contributed by atoms with Gasteiger partial charge in [0.05, 0.1) is 24.2 Å². The first-order valence-corrected chi connectivity index (χ1v) is 11.9. The Kier molecular flexibility index (Phi) is 9.33. The Bertz CT molecular complexity index is 586. The van der Waals surface area contributed by atoms with E-state index in [0.717, 1.165) is 12.8 Å². The van der Waals surface area contributed by atoms with Gasteiger partial charge in [0, 0.05) is 32.6 Å². The lowest BCUT2D eigenvalue weighted by molar-refractivity contribution is -0.121. The number of amides is 1. The normalized spacial score (nSPS) is 23.6. The smallest absolute Gasteiger partial charge is 0.222 e. The van der Waals surface area contributed by atoms with Gasteiger partial charge in [-0.3, -0.25) is 9.79 Å². The van der Waals surface area contributed by atoms with E-state index in [4.69, 9.17) is 4.74 Å². The molecule has 2 fully saturated rings. The molecule has 27 heavy (non-hydrogen) atoms. The van der Waals surface area contributed by atoms with Gasteiger partial charge >= 0.3 is 0 Å². The Morgan fingerprint density at radius 2 is 1.78 bits per heavy atom. The van der Waals surface area contributed by atoms with Crippen LogP contribution in [0.4, 0.5) is 0 Å². The molecule has 1 aliphatic carbocycles. The van der Waals surface area contributed by atoms with E-state index in [1.54, 1.807) is 7.05 Å². The Morgan fingerprint density at radius 1 is 1.07 bits per heavy atom. The molecule has 0 spiro atoms. The third kappa shape index (κ3) is 8.92. The van der Waals surface area contributed by atoms with Gasteiger partial charge in [-0.15, -0.1) is 0 Å². The van der Waals surface area contributed by atoms with E-state index < -0.39 is 9.84 Å². The van der Waals surface area contributed by atoms with Gasteiger partial charge in [0.2, 0.25) is 5.91 Å². The van der Waals surface area contributed by atoms with Gasteiger partial charge in [-0.2, -0.15) is 0 Å². The van der Waals surface area contributed by atoms with E-state index in [0.29, 0.717) is 38.2 Å². The minimum atomic E-state index is -2.97. The maximum Gasteiger partial charge on any atom is 0.222 e. The molecule has 0 radical (unpaired) electrons. The standard InChI is InChI=1S/C18H34N4O4S/c1-19-18(21-11-12-26-16-6-4-2-3-5-7-16)20-10-8-17(23)22-15-9-13-27(24,25)14-15/h15-16H,2-14H2,1H3,(H,22,23)(H2,19,20,21). The van der Waals surface area contributed by atoms with Gasteiger partial charge in [0.25, 0.3) is 0 Å². The number of carbonyl (C=O) groups is 1. The first kappa shape index (κ1) is 21.9. The first-order chi connectivity index (χ1) is 13.0. The number of carbonyl (C=O) groups excluding carboxylic acids is 1. The molecule has 8 nitrogen and oxygen atoms in total. The van der Waals surface area contributed by atoms with Crippen LogP contribution in [-0.4, -0.2) is 70.7 Å². The molecule has 2 rings (SSSR count). The number of nitrogens with one attached hydrogen (secondary N) is 3. The lowest BCUT2D eigenvalue weighted by Crippen LogP contribution is -2.42. The van der Waals surface area contributed by atoms with Gasteiger partial charge in [-0.25, -0.2) is 8.42 Å². The minimum Gasteiger partial charge on any atom is -0.376 e. The molecule has 3 N–H and O–H groups in total. The molecule has 0 aromatic carbocycles. The zero-order chi connectivity index (χ0) is 19.5. The molecule has 1 amide bonds. The van der Waals surface area contributed by atoms with E-state index in [-0.39, 0.29) is 29.9 Å². The topological polar surface area (TPSA) is 109 Å². The van der Waals surface area contributed by atoms with Crippen molar-refractivity contribution in [3.8, 4) is 0 Å². The van der Waals surface area contributed by atoms with Crippen LogP contribution in [0.3, 0.4) is 0 Å². The zero-order valence-corrected chi connectivity index (χ0v) is 17.2. The van der Waals surface area contributed by atoms with E-state index in [1.807, 2.05) is 0 Å². The number of rotatable bonds is 8. The highest BCUT2D eigenvalue weighted by molar-refractivity contribution is 7.91. The molecule has 156 valence electrons. The maximum absolute atomic E-state index is 11.9. The number of nitrogens with zero attached hydrogens (tertiary/aromatic N) is 1. The first-order valence-electron chi connectivity index (χ1n) is 10.0. The highest BCUT2D eigenvalue weighted by Crippen LogP contribution is 2.19. The summed E-state index contributed by atoms with van der Waals surface area (Å²) in [4.78, 5) is 16.1. The van der Waals surface area contributed by atoms with E-state index in [1.165, 1.54) is 25.7 Å². The van der Waals surface area contributed by atoms with Crippen LogP contribution in [0.5, 0.6) is 0 Å². The molecule has 1 aliphatic heterocycles. The number of ether oxygens (including phenoxy) is 1. The highest BCUT2D eigenvalue weighted by atomic mass is 32.2. The van der Waals surface area contributed by atoms with Gasteiger partial charge in [0.15, 0.2) is 15.8 Å². The van der Waals surface area contributed by atoms with Crippen LogP contribution < -0.4 is 16.0 Å². The lowest BCUT2D eigenvalue weighted by atomic mass is 10.1. The number of aliphatic imine (C=N–C) groups is 1. The molecule has 1 saturated carbocycles. The summed E-state index contributed by atoms with van der Waals surface area (Å²) in [6, 6.07) is -0.249. The molecule has 1 heterocycles. The fraction of sp³-hybridized carbons (Fsp3) is 0.889. The predicted octanol–water partition coefficient (Wildman–Crippen LogP) is 0.584. The zero-order valence-electron chi connectivity index (χ0n) is 16.3. The van der Waals surface area contributed by atoms with Crippen LogP contribution in [0.25, 0.3) is 0 Å². The molecule has 0 aromatic heterocycles. The average molecular weight is 403 g/mol. The SMILES string of the molecule is CN=C(NCCOC1CCCCCC1)NCCC(=O)NC1CCS(=O)(=O)C1. The number of hydrogen-bond donors (Lipinski definition) is 3. The molecular formula is C18H34N4O4S. The predicted molar refractivity (Wildman–Crippen MR) is 107 cm³/mol. The fourth-order valence-corrected chi connectivity index (χ4v) is 5.20. The molecule has 0 aromatic rings. The van der Waals surface area contributed by atoms with Gasteiger partial charge in [-0.1, -0.05) is 25.7 Å². The number of hydrogen-bond acceptors (Lipinski definition) is 5. The van der Waals surface area contributed by atoms with Crippen LogP contribution in [0.1, 0.15) is 51.4 Å². The summed E-state index contributed by atoms with van der Waals surface area (Å²) in [7, 11) is -1.29. The summed E-state index contributed by atoms with van der Waals surface area (Å²) in [5.41, 5.74) is 0. The minimum absolute atomic E-state index is 0.0520. The van der Waals surface area contributed by atoms with Crippen LogP contribution in [-0.2, 0) is 19.4 Å². The third-order valence-corrected chi connectivity index (χ3v) is 6.78. The van der Waals surface area contributed by atoms with E-state index in [9.17, 15) is 13.2 Å². The molecule has 2 aliphatic rings. The third-order valence-electron chi connectivity index (χ3n) is 5.02.